The van der Waals surface area contributed by atoms with Gasteiger partial charge in [0.05, 0.1) is 0 Å². The summed E-state index contributed by atoms with van der Waals surface area (Å²) in [5.41, 5.74) is 0. The average molecular weight is 316 g/mol. The molecule has 2 unspecified atom stereocenters. The van der Waals surface area contributed by atoms with Gasteiger partial charge in [-0.1, -0.05) is 6.92 Å². The van der Waals surface area contributed by atoms with Crippen molar-refractivity contribution in [2.24, 2.45) is 5.92 Å². The topological polar surface area (TPSA) is 69.6 Å². The van der Waals surface area contributed by atoms with Gasteiger partial charge in [0.2, 0.25) is 5.91 Å². The maximum atomic E-state index is 11.8. The Morgan fingerprint density at radius 1 is 1.48 bits per heavy atom. The van der Waals surface area contributed by atoms with Gasteiger partial charge >= 0.3 is 5.97 Å². The number of aliphatic carboxylic acids is 1. The third-order valence-electron chi connectivity index (χ3n) is 3.86. The molecule has 0 aromatic rings. The van der Waals surface area contributed by atoms with Gasteiger partial charge in [-0.2, -0.15) is 11.8 Å². The molecule has 0 radical (unpaired) electrons. The first-order chi connectivity index (χ1) is 10.0. The second-order valence-electron chi connectivity index (χ2n) is 5.89. The van der Waals surface area contributed by atoms with Gasteiger partial charge in [0.25, 0.3) is 0 Å². The zero-order chi connectivity index (χ0) is 15.7. The zero-order valence-corrected chi connectivity index (χ0v) is 14.0. The fraction of sp³-hybridized carbons (Fsp3) is 0.867. The number of carbonyl (C=O) groups excluding carboxylic acids is 1. The molecule has 1 heterocycles. The molecule has 2 atom stereocenters. The first kappa shape index (κ1) is 18.3. The Bertz CT molecular complexity index is 339. The van der Waals surface area contributed by atoms with Crippen LogP contribution in [0.25, 0.3) is 0 Å². The third-order valence-corrected chi connectivity index (χ3v) is 4.51. The Labute approximate surface area is 131 Å². The zero-order valence-electron chi connectivity index (χ0n) is 13.1. The third kappa shape index (κ3) is 7.71. The number of nitrogens with zero attached hydrogens (tertiary/aromatic N) is 1. The minimum Gasteiger partial charge on any atom is -0.480 e. The minimum absolute atomic E-state index is 0.145. The summed E-state index contributed by atoms with van der Waals surface area (Å²) in [6.45, 7) is 5.44. The summed E-state index contributed by atoms with van der Waals surface area (Å²) in [6, 6.07) is -0.750. The molecule has 0 bridgehead atoms. The van der Waals surface area contributed by atoms with E-state index in [0.29, 0.717) is 12.8 Å². The molecule has 122 valence electrons. The number of piperidine rings is 1. The van der Waals surface area contributed by atoms with Crippen molar-refractivity contribution in [2.45, 2.75) is 45.1 Å². The SMILES string of the molecule is CSCCC(NC(=O)CCCN1CCCC(C)C1)C(=O)O. The molecule has 0 spiro atoms. The summed E-state index contributed by atoms with van der Waals surface area (Å²) < 4.78 is 0. The molecule has 0 aliphatic carbocycles. The maximum Gasteiger partial charge on any atom is 0.326 e. The second kappa shape index (κ2) is 10.1. The highest BCUT2D eigenvalue weighted by atomic mass is 32.2. The largest absolute Gasteiger partial charge is 0.480 e. The smallest absolute Gasteiger partial charge is 0.326 e. The number of thioether (sulfide) groups is 1. The molecule has 0 aromatic heterocycles. The molecule has 1 rings (SSSR count). The van der Waals surface area contributed by atoms with Crippen molar-refractivity contribution in [3.05, 3.63) is 0 Å². The highest BCUT2D eigenvalue weighted by molar-refractivity contribution is 7.98. The number of carboxylic acid groups (broad SMARTS) is 1. The van der Waals surface area contributed by atoms with Crippen LogP contribution in [-0.2, 0) is 9.59 Å². The lowest BCUT2D eigenvalue weighted by atomic mass is 10.00. The number of likely N-dealkylation sites (tertiary alicyclic amines) is 1. The van der Waals surface area contributed by atoms with E-state index < -0.39 is 12.0 Å². The van der Waals surface area contributed by atoms with Gasteiger partial charge in [0.15, 0.2) is 0 Å². The molecule has 5 nitrogen and oxygen atoms in total. The summed E-state index contributed by atoms with van der Waals surface area (Å²) in [5.74, 6) is 0.398. The summed E-state index contributed by atoms with van der Waals surface area (Å²) in [4.78, 5) is 25.3. The van der Waals surface area contributed by atoms with E-state index in [-0.39, 0.29) is 5.91 Å². The van der Waals surface area contributed by atoms with Crippen LogP contribution in [0.15, 0.2) is 0 Å². The van der Waals surface area contributed by atoms with E-state index in [9.17, 15) is 9.59 Å². The van der Waals surface area contributed by atoms with Gasteiger partial charge < -0.3 is 15.3 Å². The molecule has 0 aromatic carbocycles. The fourth-order valence-corrected chi connectivity index (χ4v) is 3.18. The van der Waals surface area contributed by atoms with Gasteiger partial charge in [0, 0.05) is 13.0 Å². The van der Waals surface area contributed by atoms with Crippen molar-refractivity contribution < 1.29 is 14.7 Å². The Morgan fingerprint density at radius 3 is 2.86 bits per heavy atom. The van der Waals surface area contributed by atoms with E-state index in [4.69, 9.17) is 5.11 Å². The number of rotatable bonds is 9. The number of hydrogen-bond acceptors (Lipinski definition) is 4. The van der Waals surface area contributed by atoms with Crippen molar-refractivity contribution in [3.8, 4) is 0 Å². The van der Waals surface area contributed by atoms with Gasteiger partial charge in [-0.15, -0.1) is 0 Å². The van der Waals surface area contributed by atoms with Crippen LogP contribution in [0.2, 0.25) is 0 Å². The predicted molar refractivity (Wildman–Crippen MR) is 86.6 cm³/mol. The number of carboxylic acids is 1. The van der Waals surface area contributed by atoms with Crippen LogP contribution < -0.4 is 5.32 Å². The van der Waals surface area contributed by atoms with Crippen molar-refractivity contribution >= 4 is 23.6 Å². The Balaban J connectivity index is 2.21. The van der Waals surface area contributed by atoms with Crippen molar-refractivity contribution in [3.63, 3.8) is 0 Å². The number of hydrogen-bond donors (Lipinski definition) is 2. The lowest BCUT2D eigenvalue weighted by Crippen LogP contribution is -2.41. The quantitative estimate of drug-likeness (QED) is 0.679. The summed E-state index contributed by atoms with van der Waals surface area (Å²) in [6.07, 6.45) is 6.16. The van der Waals surface area contributed by atoms with E-state index in [2.05, 4.69) is 17.1 Å². The molecule has 1 aliphatic rings. The Morgan fingerprint density at radius 2 is 2.24 bits per heavy atom. The standard InChI is InChI=1S/C15H28N2O3S/c1-12-5-3-8-17(11-12)9-4-6-14(18)16-13(15(19)20)7-10-21-2/h12-13H,3-11H2,1-2H3,(H,16,18)(H,19,20). The van der Waals surface area contributed by atoms with Crippen molar-refractivity contribution in [1.29, 1.82) is 0 Å². The fourth-order valence-electron chi connectivity index (χ4n) is 2.71. The van der Waals surface area contributed by atoms with E-state index in [0.717, 1.165) is 37.7 Å². The molecule has 1 amide bonds. The van der Waals surface area contributed by atoms with Gasteiger partial charge in [-0.25, -0.2) is 4.79 Å². The van der Waals surface area contributed by atoms with Gasteiger partial charge in [0.1, 0.15) is 6.04 Å². The van der Waals surface area contributed by atoms with Crippen molar-refractivity contribution in [1.82, 2.24) is 10.2 Å². The first-order valence-electron chi connectivity index (χ1n) is 7.76. The lowest BCUT2D eigenvalue weighted by Gasteiger charge is -2.30. The number of nitrogens with one attached hydrogen (secondary N) is 1. The molecule has 21 heavy (non-hydrogen) atoms. The molecule has 1 saturated heterocycles. The van der Waals surface area contributed by atoms with Crippen LogP contribution in [0.3, 0.4) is 0 Å². The number of amides is 1. The van der Waals surface area contributed by atoms with E-state index in [1.807, 2.05) is 6.26 Å². The molecule has 1 aliphatic heterocycles. The van der Waals surface area contributed by atoms with Crippen LogP contribution >= 0.6 is 11.8 Å². The molecular weight excluding hydrogens is 288 g/mol. The molecule has 1 fully saturated rings. The molecule has 6 heteroatoms. The average Bonchev–Trinajstić information content (AvgIpc) is 2.43. The van der Waals surface area contributed by atoms with Crippen LogP contribution in [-0.4, -0.2) is 59.6 Å². The van der Waals surface area contributed by atoms with Crippen molar-refractivity contribution in [2.75, 3.05) is 31.6 Å². The van der Waals surface area contributed by atoms with Crippen LogP contribution in [0.4, 0.5) is 0 Å². The van der Waals surface area contributed by atoms with Crippen LogP contribution in [0.1, 0.15) is 39.0 Å². The summed E-state index contributed by atoms with van der Waals surface area (Å²) in [5, 5.41) is 11.7. The summed E-state index contributed by atoms with van der Waals surface area (Å²) >= 11 is 1.59. The molecule has 2 N–H and O–H groups in total. The second-order valence-corrected chi connectivity index (χ2v) is 6.88. The number of carbonyl (C=O) groups is 2. The first-order valence-corrected chi connectivity index (χ1v) is 9.15. The van der Waals surface area contributed by atoms with E-state index in [1.165, 1.54) is 12.8 Å². The molecular formula is C15H28N2O3S. The van der Waals surface area contributed by atoms with Gasteiger partial charge in [-0.3, -0.25) is 4.79 Å². The van der Waals surface area contributed by atoms with Crippen LogP contribution in [0.5, 0.6) is 0 Å². The monoisotopic (exact) mass is 316 g/mol. The normalized spacial score (nSPS) is 21.0. The van der Waals surface area contributed by atoms with Gasteiger partial charge in [-0.05, 0) is 56.7 Å². The Kier molecular flexibility index (Phi) is 8.76. The predicted octanol–water partition coefficient (Wildman–Crippen LogP) is 1.82. The summed E-state index contributed by atoms with van der Waals surface area (Å²) in [7, 11) is 0. The van der Waals surface area contributed by atoms with Crippen LogP contribution in [0, 0.1) is 5.92 Å². The van der Waals surface area contributed by atoms with E-state index >= 15 is 0 Å². The highest BCUT2D eigenvalue weighted by Crippen LogP contribution is 2.15. The molecule has 0 saturated carbocycles. The highest BCUT2D eigenvalue weighted by Gasteiger charge is 2.20. The minimum atomic E-state index is -0.942. The van der Waals surface area contributed by atoms with E-state index in [1.54, 1.807) is 11.8 Å². The maximum absolute atomic E-state index is 11.8. The lowest BCUT2D eigenvalue weighted by molar-refractivity contribution is -0.141. The Hall–Kier alpha value is -0.750.